The summed E-state index contributed by atoms with van der Waals surface area (Å²) in [6.45, 7) is 2.25. The second kappa shape index (κ2) is 7.58. The van der Waals surface area contributed by atoms with Crippen molar-refractivity contribution in [1.82, 2.24) is 15.5 Å². The fourth-order valence-electron chi connectivity index (χ4n) is 2.16. The van der Waals surface area contributed by atoms with Gasteiger partial charge in [-0.05, 0) is 42.9 Å². The molecule has 0 aliphatic rings. The molecule has 1 heterocycles. The number of halogens is 2. The molecule has 5 nitrogen and oxygen atoms in total. The van der Waals surface area contributed by atoms with Crippen LogP contribution in [0.3, 0.4) is 0 Å². The average molecular weight is 377 g/mol. The van der Waals surface area contributed by atoms with Gasteiger partial charge in [-0.15, -0.1) is 0 Å². The van der Waals surface area contributed by atoms with E-state index in [4.69, 9.17) is 28.3 Å². The maximum atomic E-state index is 13.1. The summed E-state index contributed by atoms with van der Waals surface area (Å²) >= 11 is 10.9. The fourth-order valence-corrected chi connectivity index (χ4v) is 2.54. The van der Waals surface area contributed by atoms with Crippen molar-refractivity contribution >= 4 is 34.6 Å². The second-order valence-corrected chi connectivity index (χ2v) is 6.08. The first-order chi connectivity index (χ1) is 12.0. The van der Waals surface area contributed by atoms with Crippen molar-refractivity contribution in [1.29, 1.82) is 0 Å². The van der Waals surface area contributed by atoms with E-state index in [-0.39, 0.29) is 11.6 Å². The summed E-state index contributed by atoms with van der Waals surface area (Å²) < 4.78 is 18.4. The standard InChI is InChI=1S/C17H14ClFN4OS/c1-10-4-2-3-5-12(10)16-22-15(24-23-16)9-20-17(25)21-11-6-7-14(19)13(18)8-11/h2-8H,9H2,1H3,(H2,20,21,25). The molecule has 0 amide bonds. The van der Waals surface area contributed by atoms with Crippen LogP contribution in [0, 0.1) is 12.7 Å². The van der Waals surface area contributed by atoms with Gasteiger partial charge in [-0.2, -0.15) is 4.98 Å². The molecule has 1 aromatic heterocycles. The van der Waals surface area contributed by atoms with Gasteiger partial charge in [0.25, 0.3) is 0 Å². The normalized spacial score (nSPS) is 10.5. The summed E-state index contributed by atoms with van der Waals surface area (Å²) in [6, 6.07) is 12.0. The Labute approximate surface area is 154 Å². The van der Waals surface area contributed by atoms with Crippen molar-refractivity contribution in [3.63, 3.8) is 0 Å². The first kappa shape index (κ1) is 17.3. The zero-order valence-electron chi connectivity index (χ0n) is 13.2. The van der Waals surface area contributed by atoms with Crippen LogP contribution in [-0.4, -0.2) is 15.3 Å². The van der Waals surface area contributed by atoms with E-state index in [1.54, 1.807) is 0 Å². The van der Waals surface area contributed by atoms with Crippen LogP contribution in [0.25, 0.3) is 11.4 Å². The van der Waals surface area contributed by atoms with Crippen molar-refractivity contribution in [2.75, 3.05) is 5.32 Å². The van der Waals surface area contributed by atoms with E-state index < -0.39 is 5.82 Å². The minimum absolute atomic E-state index is 0.0209. The number of rotatable bonds is 4. The van der Waals surface area contributed by atoms with Crippen molar-refractivity contribution in [3.8, 4) is 11.4 Å². The van der Waals surface area contributed by atoms with Crippen LogP contribution in [0.15, 0.2) is 47.0 Å². The molecule has 0 aliphatic heterocycles. The molecular formula is C17H14ClFN4OS. The number of hydrogen-bond acceptors (Lipinski definition) is 4. The molecule has 0 saturated heterocycles. The van der Waals surface area contributed by atoms with Crippen LogP contribution >= 0.6 is 23.8 Å². The number of hydrogen-bond donors (Lipinski definition) is 2. The van der Waals surface area contributed by atoms with E-state index >= 15 is 0 Å². The number of thiocarbonyl (C=S) groups is 1. The Morgan fingerprint density at radius 3 is 2.84 bits per heavy atom. The predicted octanol–water partition coefficient (Wildman–Crippen LogP) is 4.32. The Kier molecular flexibility index (Phi) is 5.25. The van der Waals surface area contributed by atoms with Crippen LogP contribution in [0.1, 0.15) is 11.5 Å². The molecule has 0 bridgehead atoms. The quantitative estimate of drug-likeness (QED) is 0.661. The lowest BCUT2D eigenvalue weighted by Gasteiger charge is -2.09. The van der Waals surface area contributed by atoms with Crippen molar-refractivity contribution in [3.05, 3.63) is 64.8 Å². The maximum Gasteiger partial charge on any atom is 0.246 e. The molecule has 0 unspecified atom stereocenters. The summed E-state index contributed by atoms with van der Waals surface area (Å²) in [6.07, 6.45) is 0. The molecule has 8 heteroatoms. The van der Waals surface area contributed by atoms with E-state index in [1.165, 1.54) is 18.2 Å². The van der Waals surface area contributed by atoms with E-state index in [0.717, 1.165) is 11.1 Å². The third kappa shape index (κ3) is 4.32. The van der Waals surface area contributed by atoms with E-state index in [2.05, 4.69) is 20.8 Å². The van der Waals surface area contributed by atoms with E-state index in [0.29, 0.717) is 22.5 Å². The molecule has 2 N–H and O–H groups in total. The average Bonchev–Trinajstić information content (AvgIpc) is 3.05. The molecular weight excluding hydrogens is 363 g/mol. The van der Waals surface area contributed by atoms with Crippen molar-refractivity contribution in [2.45, 2.75) is 13.5 Å². The summed E-state index contributed by atoms with van der Waals surface area (Å²) in [4.78, 5) is 4.35. The van der Waals surface area contributed by atoms with Crippen LogP contribution in [-0.2, 0) is 6.54 Å². The number of nitrogens with zero attached hydrogens (tertiary/aromatic N) is 2. The Hall–Kier alpha value is -2.51. The van der Waals surface area contributed by atoms with Gasteiger partial charge in [0.15, 0.2) is 5.11 Å². The van der Waals surface area contributed by atoms with Gasteiger partial charge in [0.1, 0.15) is 5.82 Å². The van der Waals surface area contributed by atoms with Gasteiger partial charge in [-0.3, -0.25) is 0 Å². The Morgan fingerprint density at radius 1 is 1.28 bits per heavy atom. The Bertz CT molecular complexity index is 915. The highest BCUT2D eigenvalue weighted by Crippen LogP contribution is 2.20. The molecule has 0 spiro atoms. The third-order valence-corrected chi connectivity index (χ3v) is 3.97. The molecule has 3 aromatic rings. The minimum atomic E-state index is -0.485. The molecule has 0 atom stereocenters. The van der Waals surface area contributed by atoms with Gasteiger partial charge in [0.2, 0.25) is 11.7 Å². The molecule has 2 aromatic carbocycles. The number of aryl methyl sites for hydroxylation is 1. The van der Waals surface area contributed by atoms with Crippen molar-refractivity contribution in [2.24, 2.45) is 0 Å². The minimum Gasteiger partial charge on any atom is -0.353 e. The van der Waals surface area contributed by atoms with Gasteiger partial charge >= 0.3 is 0 Å². The highest BCUT2D eigenvalue weighted by Gasteiger charge is 2.11. The van der Waals surface area contributed by atoms with E-state index in [9.17, 15) is 4.39 Å². The van der Waals surface area contributed by atoms with Gasteiger partial charge in [-0.25, -0.2) is 4.39 Å². The molecule has 128 valence electrons. The van der Waals surface area contributed by atoms with Gasteiger partial charge in [-0.1, -0.05) is 41.0 Å². The smallest absolute Gasteiger partial charge is 0.246 e. The highest BCUT2D eigenvalue weighted by atomic mass is 35.5. The third-order valence-electron chi connectivity index (χ3n) is 3.43. The zero-order chi connectivity index (χ0) is 17.8. The summed E-state index contributed by atoms with van der Waals surface area (Å²) in [7, 11) is 0. The van der Waals surface area contributed by atoms with Gasteiger partial charge in [0.05, 0.1) is 11.6 Å². The SMILES string of the molecule is Cc1ccccc1-c1noc(CNC(=S)Nc2ccc(F)c(Cl)c2)n1. The Morgan fingerprint density at radius 2 is 2.08 bits per heavy atom. The van der Waals surface area contributed by atoms with Crippen LogP contribution in [0.2, 0.25) is 5.02 Å². The van der Waals surface area contributed by atoms with Crippen LogP contribution in [0.5, 0.6) is 0 Å². The number of benzene rings is 2. The lowest BCUT2D eigenvalue weighted by molar-refractivity contribution is 0.376. The number of aromatic nitrogens is 2. The maximum absolute atomic E-state index is 13.1. The largest absolute Gasteiger partial charge is 0.353 e. The van der Waals surface area contributed by atoms with E-state index in [1.807, 2.05) is 31.2 Å². The number of anilines is 1. The van der Waals surface area contributed by atoms with Crippen molar-refractivity contribution < 1.29 is 8.91 Å². The summed E-state index contributed by atoms with van der Waals surface area (Å²) in [5.74, 6) is 0.444. The monoisotopic (exact) mass is 376 g/mol. The molecule has 3 rings (SSSR count). The lowest BCUT2D eigenvalue weighted by atomic mass is 10.1. The molecule has 0 fully saturated rings. The summed E-state index contributed by atoms with van der Waals surface area (Å²) in [5, 5.41) is 10.2. The summed E-state index contributed by atoms with van der Waals surface area (Å²) in [5.41, 5.74) is 2.56. The van der Waals surface area contributed by atoms with Gasteiger partial charge < -0.3 is 15.2 Å². The molecule has 0 saturated carbocycles. The fraction of sp³-hybridized carbons (Fsp3) is 0.118. The molecule has 0 radical (unpaired) electrons. The highest BCUT2D eigenvalue weighted by molar-refractivity contribution is 7.80. The molecule has 25 heavy (non-hydrogen) atoms. The lowest BCUT2D eigenvalue weighted by Crippen LogP contribution is -2.28. The van der Waals surface area contributed by atoms with Crippen LogP contribution in [0.4, 0.5) is 10.1 Å². The number of nitrogens with one attached hydrogen (secondary N) is 2. The Balaban J connectivity index is 1.59. The van der Waals surface area contributed by atoms with Crippen LogP contribution < -0.4 is 10.6 Å². The first-order valence-electron chi connectivity index (χ1n) is 7.41. The van der Waals surface area contributed by atoms with Gasteiger partial charge in [0, 0.05) is 11.3 Å². The zero-order valence-corrected chi connectivity index (χ0v) is 14.8. The first-order valence-corrected chi connectivity index (χ1v) is 8.20. The second-order valence-electron chi connectivity index (χ2n) is 5.26. The topological polar surface area (TPSA) is 63.0 Å². The predicted molar refractivity (Wildman–Crippen MR) is 98.9 cm³/mol. The molecule has 0 aliphatic carbocycles.